The summed E-state index contributed by atoms with van der Waals surface area (Å²) in [7, 11) is 1.64. The first-order valence-corrected chi connectivity index (χ1v) is 7.50. The third-order valence-electron chi connectivity index (χ3n) is 3.34. The molecule has 22 heavy (non-hydrogen) atoms. The zero-order chi connectivity index (χ0) is 15.7. The van der Waals surface area contributed by atoms with Crippen LogP contribution in [0.25, 0.3) is 10.9 Å². The number of benzene rings is 2. The molecule has 0 aliphatic heterocycles. The van der Waals surface area contributed by atoms with Crippen LogP contribution in [0.3, 0.4) is 0 Å². The molecule has 0 bridgehead atoms. The number of nitrogens with one attached hydrogen (secondary N) is 1. The molecule has 0 saturated heterocycles. The predicted molar refractivity (Wildman–Crippen MR) is 92.8 cm³/mol. The van der Waals surface area contributed by atoms with Crippen molar-refractivity contribution in [2.24, 2.45) is 0 Å². The SMILES string of the molecule is COc1ccc2nc(C)cc(Nc3ccc(Cl)cc3Cl)c2c1. The molecule has 2 aromatic carbocycles. The lowest BCUT2D eigenvalue weighted by molar-refractivity contribution is 0.415. The topological polar surface area (TPSA) is 34.1 Å². The smallest absolute Gasteiger partial charge is 0.119 e. The molecule has 0 fully saturated rings. The molecule has 1 heterocycles. The van der Waals surface area contributed by atoms with E-state index in [1.54, 1.807) is 19.2 Å². The Kier molecular flexibility index (Phi) is 4.10. The zero-order valence-corrected chi connectivity index (χ0v) is 13.7. The first kappa shape index (κ1) is 14.9. The summed E-state index contributed by atoms with van der Waals surface area (Å²) in [6.07, 6.45) is 0. The second kappa shape index (κ2) is 6.03. The standard InChI is InChI=1S/C17H14Cl2N2O/c1-10-7-17(21-16-5-3-11(18)8-14(16)19)13-9-12(22-2)4-6-15(13)20-10/h3-9H,1-2H3,(H,20,21). The Morgan fingerprint density at radius 1 is 1.00 bits per heavy atom. The Balaban J connectivity index is 2.12. The van der Waals surface area contributed by atoms with E-state index in [1.165, 1.54) is 0 Å². The van der Waals surface area contributed by atoms with Gasteiger partial charge >= 0.3 is 0 Å². The third kappa shape index (κ3) is 2.96. The highest BCUT2D eigenvalue weighted by molar-refractivity contribution is 6.36. The summed E-state index contributed by atoms with van der Waals surface area (Å²) in [5, 5.41) is 5.49. The molecule has 0 aliphatic rings. The van der Waals surface area contributed by atoms with Gasteiger partial charge in [-0.05, 0) is 49.4 Å². The molecule has 5 heteroatoms. The summed E-state index contributed by atoms with van der Waals surface area (Å²) in [6.45, 7) is 1.96. The van der Waals surface area contributed by atoms with E-state index in [-0.39, 0.29) is 0 Å². The predicted octanol–water partition coefficient (Wildman–Crippen LogP) is 5.60. The molecule has 0 unspecified atom stereocenters. The molecule has 1 N–H and O–H groups in total. The molecule has 3 rings (SSSR count). The van der Waals surface area contributed by atoms with Crippen LogP contribution in [-0.2, 0) is 0 Å². The van der Waals surface area contributed by atoms with Gasteiger partial charge in [0, 0.05) is 21.8 Å². The van der Waals surface area contributed by atoms with Crippen molar-refractivity contribution in [3.05, 3.63) is 58.2 Å². The Labute approximate surface area is 138 Å². The molecular weight excluding hydrogens is 319 g/mol. The van der Waals surface area contributed by atoms with E-state index >= 15 is 0 Å². The Hall–Kier alpha value is -1.97. The van der Waals surface area contributed by atoms with E-state index in [0.29, 0.717) is 10.0 Å². The molecule has 0 aliphatic carbocycles. The van der Waals surface area contributed by atoms with Gasteiger partial charge in [0.1, 0.15) is 5.75 Å². The molecule has 0 atom stereocenters. The first-order valence-electron chi connectivity index (χ1n) is 6.74. The number of methoxy groups -OCH3 is 1. The second-order valence-corrected chi connectivity index (χ2v) is 5.79. The number of aromatic nitrogens is 1. The molecule has 3 aromatic rings. The number of hydrogen-bond donors (Lipinski definition) is 1. The number of rotatable bonds is 3. The van der Waals surface area contributed by atoms with Crippen LogP contribution in [-0.4, -0.2) is 12.1 Å². The van der Waals surface area contributed by atoms with Gasteiger partial charge in [-0.3, -0.25) is 4.98 Å². The van der Waals surface area contributed by atoms with E-state index in [2.05, 4.69) is 10.3 Å². The number of hydrogen-bond acceptors (Lipinski definition) is 3. The van der Waals surface area contributed by atoms with Crippen molar-refractivity contribution in [2.45, 2.75) is 6.92 Å². The summed E-state index contributed by atoms with van der Waals surface area (Å²) in [5.74, 6) is 0.781. The number of fused-ring (bicyclic) bond motifs is 1. The average Bonchev–Trinajstić information content (AvgIpc) is 2.49. The fraction of sp³-hybridized carbons (Fsp3) is 0.118. The summed E-state index contributed by atoms with van der Waals surface area (Å²) in [4.78, 5) is 4.54. The largest absolute Gasteiger partial charge is 0.497 e. The molecule has 3 nitrogen and oxygen atoms in total. The van der Waals surface area contributed by atoms with Crippen molar-refractivity contribution in [1.29, 1.82) is 0 Å². The van der Waals surface area contributed by atoms with Gasteiger partial charge < -0.3 is 10.1 Å². The number of pyridine rings is 1. The van der Waals surface area contributed by atoms with Crippen molar-refractivity contribution < 1.29 is 4.74 Å². The molecule has 1 aromatic heterocycles. The fourth-order valence-corrected chi connectivity index (χ4v) is 2.76. The Morgan fingerprint density at radius 2 is 1.82 bits per heavy atom. The van der Waals surface area contributed by atoms with Crippen LogP contribution in [0.4, 0.5) is 11.4 Å². The van der Waals surface area contributed by atoms with E-state index in [9.17, 15) is 0 Å². The quantitative estimate of drug-likeness (QED) is 0.677. The number of anilines is 2. The minimum atomic E-state index is 0.568. The van der Waals surface area contributed by atoms with E-state index in [1.807, 2.05) is 37.3 Å². The van der Waals surface area contributed by atoms with Crippen LogP contribution in [0.5, 0.6) is 5.75 Å². The molecular formula is C17H14Cl2N2O. The van der Waals surface area contributed by atoms with Gasteiger partial charge in [0.05, 0.1) is 23.3 Å². The molecule has 112 valence electrons. The van der Waals surface area contributed by atoms with E-state index in [4.69, 9.17) is 27.9 Å². The summed E-state index contributed by atoms with van der Waals surface area (Å²) >= 11 is 12.2. The average molecular weight is 333 g/mol. The lowest BCUT2D eigenvalue weighted by Gasteiger charge is -2.13. The fourth-order valence-electron chi connectivity index (χ4n) is 2.30. The molecule has 0 radical (unpaired) electrons. The van der Waals surface area contributed by atoms with Crippen molar-refractivity contribution in [3.63, 3.8) is 0 Å². The normalized spacial score (nSPS) is 10.7. The third-order valence-corrected chi connectivity index (χ3v) is 3.89. The highest BCUT2D eigenvalue weighted by Gasteiger charge is 2.08. The number of ether oxygens (including phenoxy) is 1. The van der Waals surface area contributed by atoms with Crippen molar-refractivity contribution >= 4 is 45.5 Å². The van der Waals surface area contributed by atoms with Gasteiger partial charge in [0.2, 0.25) is 0 Å². The van der Waals surface area contributed by atoms with Gasteiger partial charge in [0.15, 0.2) is 0 Å². The molecule has 0 spiro atoms. The van der Waals surface area contributed by atoms with Gasteiger partial charge in [-0.25, -0.2) is 0 Å². The summed E-state index contributed by atoms with van der Waals surface area (Å²) in [6, 6.07) is 13.1. The maximum atomic E-state index is 6.24. The number of halogens is 2. The minimum Gasteiger partial charge on any atom is -0.497 e. The second-order valence-electron chi connectivity index (χ2n) is 4.94. The van der Waals surface area contributed by atoms with Crippen LogP contribution < -0.4 is 10.1 Å². The van der Waals surface area contributed by atoms with Gasteiger partial charge in [-0.1, -0.05) is 23.2 Å². The number of aryl methyl sites for hydroxylation is 1. The van der Waals surface area contributed by atoms with E-state index < -0.39 is 0 Å². The van der Waals surface area contributed by atoms with Crippen molar-refractivity contribution in [3.8, 4) is 5.75 Å². The van der Waals surface area contributed by atoms with Crippen LogP contribution in [0, 0.1) is 6.92 Å². The van der Waals surface area contributed by atoms with E-state index in [0.717, 1.165) is 33.7 Å². The van der Waals surface area contributed by atoms with Crippen LogP contribution in [0.15, 0.2) is 42.5 Å². The Bertz CT molecular complexity index is 849. The highest BCUT2D eigenvalue weighted by atomic mass is 35.5. The van der Waals surface area contributed by atoms with Gasteiger partial charge in [0.25, 0.3) is 0 Å². The lowest BCUT2D eigenvalue weighted by Crippen LogP contribution is -1.96. The molecule has 0 amide bonds. The van der Waals surface area contributed by atoms with Crippen LogP contribution in [0.1, 0.15) is 5.69 Å². The maximum absolute atomic E-state index is 6.24. The Morgan fingerprint density at radius 3 is 2.55 bits per heavy atom. The lowest BCUT2D eigenvalue weighted by atomic mass is 10.1. The first-order chi connectivity index (χ1) is 10.6. The van der Waals surface area contributed by atoms with Crippen molar-refractivity contribution in [1.82, 2.24) is 4.98 Å². The highest BCUT2D eigenvalue weighted by Crippen LogP contribution is 2.33. The van der Waals surface area contributed by atoms with Crippen LogP contribution >= 0.6 is 23.2 Å². The minimum absolute atomic E-state index is 0.568. The van der Waals surface area contributed by atoms with Crippen molar-refractivity contribution in [2.75, 3.05) is 12.4 Å². The summed E-state index contributed by atoms with van der Waals surface area (Å²) < 4.78 is 5.30. The van der Waals surface area contributed by atoms with Gasteiger partial charge in [-0.15, -0.1) is 0 Å². The van der Waals surface area contributed by atoms with Crippen LogP contribution in [0.2, 0.25) is 10.0 Å². The molecule has 0 saturated carbocycles. The van der Waals surface area contributed by atoms with Gasteiger partial charge in [-0.2, -0.15) is 0 Å². The maximum Gasteiger partial charge on any atom is 0.119 e. The zero-order valence-electron chi connectivity index (χ0n) is 12.2. The monoisotopic (exact) mass is 332 g/mol. The summed E-state index contributed by atoms with van der Waals surface area (Å²) in [5.41, 5.74) is 3.53. The number of nitrogens with zero attached hydrogens (tertiary/aromatic N) is 1.